The summed E-state index contributed by atoms with van der Waals surface area (Å²) in [5.41, 5.74) is 8.49. The molecule has 12 atom stereocenters. The Bertz CT molecular complexity index is 1820. The Kier molecular flexibility index (Phi) is 22.6. The van der Waals surface area contributed by atoms with Crippen LogP contribution in [0.5, 0.6) is 0 Å². The van der Waals surface area contributed by atoms with E-state index in [1.165, 1.54) is 7.11 Å². The van der Waals surface area contributed by atoms with Gasteiger partial charge in [0.1, 0.15) is 5.78 Å². The molecule has 17 nitrogen and oxygen atoms in total. The first-order chi connectivity index (χ1) is 31.6. The predicted octanol–water partition coefficient (Wildman–Crippen LogP) is 6.56. The second-order valence-corrected chi connectivity index (χ2v) is 20.2. The molecule has 0 radical (unpaired) electrons. The molecule has 66 heavy (non-hydrogen) atoms. The van der Waals surface area contributed by atoms with Crippen LogP contribution in [0.25, 0.3) is 10.4 Å². The summed E-state index contributed by atoms with van der Waals surface area (Å²) in [6, 6.07) is 7.80. The van der Waals surface area contributed by atoms with Gasteiger partial charge < -0.3 is 33.6 Å². The summed E-state index contributed by atoms with van der Waals surface area (Å²) in [4.78, 5) is 88.8. The molecule has 4 rings (SSSR count). The molecule has 368 valence electrons. The topological polar surface area (TPSA) is 218 Å². The molecule has 1 saturated carbocycles. The highest BCUT2D eigenvalue weighted by Gasteiger charge is 2.52. The van der Waals surface area contributed by atoms with Gasteiger partial charge in [0.25, 0.3) is 0 Å². The molecule has 3 fully saturated rings. The van der Waals surface area contributed by atoms with E-state index in [1.54, 1.807) is 35.8 Å². The molecule has 2 saturated heterocycles. The number of carbonyl (C=O) groups excluding carboxylic acids is 5. The molecule has 2 heterocycles. The monoisotopic (exact) mass is 944 g/mol. The summed E-state index contributed by atoms with van der Waals surface area (Å²) in [6.45, 7) is 11.4. The molecule has 3 aliphatic rings. The maximum Gasteiger partial charge on any atom is 0.509 e. The number of amides is 3. The molecule has 1 aromatic rings. The van der Waals surface area contributed by atoms with Crippen LogP contribution in [-0.4, -0.2) is 152 Å². The number of likely N-dealkylation sites (N-methyl/N-ethyl adjacent to an activating group) is 1. The molecule has 1 aliphatic carbocycles. The highest BCUT2D eigenvalue weighted by molar-refractivity contribution is 7.39. The van der Waals surface area contributed by atoms with Crippen molar-refractivity contribution in [2.75, 3.05) is 60.8 Å². The lowest BCUT2D eigenvalue weighted by Crippen LogP contribution is -2.54. The largest absolute Gasteiger partial charge is 0.509 e. The van der Waals surface area contributed by atoms with Crippen LogP contribution in [0.3, 0.4) is 0 Å². The van der Waals surface area contributed by atoms with Crippen LogP contribution in [0.2, 0.25) is 0 Å². The quantitative estimate of drug-likeness (QED) is 0.0286. The van der Waals surface area contributed by atoms with Crippen LogP contribution in [-0.2, 0) is 53.9 Å². The van der Waals surface area contributed by atoms with Gasteiger partial charge in [-0.05, 0) is 65.5 Å². The van der Waals surface area contributed by atoms with Crippen molar-refractivity contribution in [3.05, 3.63) is 46.3 Å². The second-order valence-electron chi connectivity index (χ2n) is 18.8. The van der Waals surface area contributed by atoms with Crippen LogP contribution in [0.1, 0.15) is 104 Å². The van der Waals surface area contributed by atoms with E-state index in [1.807, 2.05) is 58.0 Å². The number of benzene rings is 1. The van der Waals surface area contributed by atoms with Crippen molar-refractivity contribution in [2.45, 2.75) is 147 Å². The van der Waals surface area contributed by atoms with Gasteiger partial charge in [-0.25, -0.2) is 0 Å². The van der Waals surface area contributed by atoms with Gasteiger partial charge in [0, 0.05) is 70.0 Å². The Morgan fingerprint density at radius 3 is 2.26 bits per heavy atom. The van der Waals surface area contributed by atoms with E-state index in [9.17, 15) is 33.4 Å². The third-order valence-electron chi connectivity index (χ3n) is 14.4. The molecule has 1 aromatic carbocycles. The van der Waals surface area contributed by atoms with E-state index in [0.717, 1.165) is 24.8 Å². The molecular formula is C48H76N6O11P+. The third-order valence-corrected chi connectivity index (χ3v) is 15.4. The van der Waals surface area contributed by atoms with Gasteiger partial charge in [-0.3, -0.25) is 24.0 Å². The van der Waals surface area contributed by atoms with Crippen LogP contribution in [0, 0.1) is 29.6 Å². The fraction of sp³-hybridized carbons (Fsp3) is 0.771. The van der Waals surface area contributed by atoms with E-state index < -0.39 is 55.9 Å². The lowest BCUT2D eigenvalue weighted by molar-refractivity contribution is -0.150. The summed E-state index contributed by atoms with van der Waals surface area (Å²) < 4.78 is 35.4. The zero-order chi connectivity index (χ0) is 48.5. The summed E-state index contributed by atoms with van der Waals surface area (Å²) in [5.74, 6) is -2.38. The Hall–Kier alpha value is -3.82. The van der Waals surface area contributed by atoms with Gasteiger partial charge in [0.15, 0.2) is 11.4 Å². The van der Waals surface area contributed by atoms with Crippen LogP contribution < -0.4 is 0 Å². The third kappa shape index (κ3) is 14.6. The summed E-state index contributed by atoms with van der Waals surface area (Å²) >= 11 is 0. The fourth-order valence-electron chi connectivity index (χ4n) is 10.6. The fourth-order valence-corrected chi connectivity index (χ4v) is 11.3. The second kappa shape index (κ2) is 27.2. The Labute approximate surface area is 392 Å². The average Bonchev–Trinajstić information content (AvgIpc) is 4.08. The smallest absolute Gasteiger partial charge is 0.379 e. The lowest BCUT2D eigenvalue weighted by Gasteiger charge is -2.41. The predicted molar refractivity (Wildman–Crippen MR) is 249 cm³/mol. The minimum Gasteiger partial charge on any atom is -0.379 e. The number of Topliss-reactive ketones (excluding diaryl/α,β-unsaturated/α-hetero) is 2. The zero-order valence-corrected chi connectivity index (χ0v) is 41.4. The number of rotatable bonds is 30. The SMILES string of the molecule is CC[C@H](C)[C@@H]([C@@H](CC(=O)N1CCC[C@H]1[C@H](OC)[C@@H](C)C(=O)C[C@@H](Cc1ccccc1)[P+](=O)O)OC)N(C)C(=O)[C@@H](CC(=O)[C@@H]1[C@H]2CC[C@H](C2)N1C(=O)CCOCCOCCN=[N+]=[N-])C(C)C. The Balaban J connectivity index is 1.42. The minimum atomic E-state index is -2.62. The number of ketones is 2. The van der Waals surface area contributed by atoms with E-state index in [2.05, 4.69) is 10.0 Å². The first kappa shape index (κ1) is 54.8. The summed E-state index contributed by atoms with van der Waals surface area (Å²) in [6.07, 6.45) is 3.45. The normalized spacial score (nSPS) is 22.5. The number of fused-ring (bicyclic) bond motifs is 2. The number of nitrogens with zero attached hydrogens (tertiary/aromatic N) is 6. The highest BCUT2D eigenvalue weighted by atomic mass is 31.1. The first-order valence-electron chi connectivity index (χ1n) is 23.9. The lowest BCUT2D eigenvalue weighted by atomic mass is 9.83. The zero-order valence-electron chi connectivity index (χ0n) is 40.5. The number of piperidine rings is 1. The standard InChI is InChI=1S/C48H75N6O11P/c1-9-32(4)45(42(62-7)30-44(58)53-21-13-16-39(53)47(63-8)33(5)40(55)28-37(66(60)61)26-34-14-11-10-12-15-34)52(6)48(59)38(31(2)3)29-41(56)46-35-17-18-36(27-35)54(46)43(57)19-22-64-24-25-65-23-20-50-51-49/h10-12,14-15,31-33,35-39,42,45-47H,9,13,16-30H2,1-8H3/p+1/t32-,33-,35-,36+,37+,38-,39-,42+,45-,46-,47+/m0/s1. The van der Waals surface area contributed by atoms with Crippen molar-refractivity contribution in [2.24, 2.45) is 34.7 Å². The van der Waals surface area contributed by atoms with Crippen molar-refractivity contribution in [1.29, 1.82) is 0 Å². The van der Waals surface area contributed by atoms with Crippen LogP contribution in [0.15, 0.2) is 35.4 Å². The van der Waals surface area contributed by atoms with Gasteiger partial charge in [0.05, 0.1) is 76.0 Å². The van der Waals surface area contributed by atoms with Gasteiger partial charge >= 0.3 is 8.03 Å². The molecule has 2 bridgehead atoms. The molecule has 2 aliphatic heterocycles. The molecule has 0 spiro atoms. The number of azide groups is 1. The van der Waals surface area contributed by atoms with Gasteiger partial charge in [-0.2, -0.15) is 4.89 Å². The number of hydrogen-bond acceptors (Lipinski definition) is 11. The van der Waals surface area contributed by atoms with Gasteiger partial charge in [-0.15, -0.1) is 0 Å². The number of hydrogen-bond donors (Lipinski definition) is 1. The molecule has 0 aromatic heterocycles. The van der Waals surface area contributed by atoms with Crippen molar-refractivity contribution < 1.29 is 52.4 Å². The van der Waals surface area contributed by atoms with Crippen molar-refractivity contribution >= 4 is 37.3 Å². The van der Waals surface area contributed by atoms with E-state index >= 15 is 0 Å². The van der Waals surface area contributed by atoms with Crippen molar-refractivity contribution in [1.82, 2.24) is 14.7 Å². The number of ether oxygens (including phenoxy) is 4. The van der Waals surface area contributed by atoms with E-state index in [0.29, 0.717) is 32.4 Å². The van der Waals surface area contributed by atoms with Gasteiger partial charge in [-0.1, -0.05) is 76.5 Å². The maximum absolute atomic E-state index is 14.7. The first-order valence-corrected chi connectivity index (χ1v) is 25.2. The molecule has 3 amide bonds. The van der Waals surface area contributed by atoms with Gasteiger partial charge in [0.2, 0.25) is 17.7 Å². The Morgan fingerprint density at radius 1 is 0.939 bits per heavy atom. The van der Waals surface area contributed by atoms with Crippen LogP contribution >= 0.6 is 8.03 Å². The van der Waals surface area contributed by atoms with E-state index in [-0.39, 0.29) is 112 Å². The summed E-state index contributed by atoms with van der Waals surface area (Å²) in [5, 5.41) is 3.42. The number of methoxy groups -OCH3 is 2. The highest BCUT2D eigenvalue weighted by Crippen LogP contribution is 2.44. The average molecular weight is 944 g/mol. The van der Waals surface area contributed by atoms with Crippen LogP contribution in [0.4, 0.5) is 0 Å². The van der Waals surface area contributed by atoms with E-state index in [4.69, 9.17) is 24.5 Å². The molecular weight excluding hydrogens is 868 g/mol. The minimum absolute atomic E-state index is 0.0139. The summed E-state index contributed by atoms with van der Waals surface area (Å²) in [7, 11) is 2.17. The molecule has 1 unspecified atom stereocenters. The number of carbonyl (C=O) groups is 5. The maximum atomic E-state index is 14.7. The van der Waals surface area contributed by atoms with Crippen molar-refractivity contribution in [3.63, 3.8) is 0 Å². The van der Waals surface area contributed by atoms with Crippen molar-refractivity contribution in [3.8, 4) is 0 Å². The number of likely N-dealkylation sites (tertiary alicyclic amines) is 2. The molecule has 1 N–H and O–H groups in total. The Morgan fingerprint density at radius 2 is 1.64 bits per heavy atom. The molecule has 18 heteroatoms.